The minimum atomic E-state index is -4.70. The number of hydrogen-bond acceptors (Lipinski definition) is 6. The molecule has 9 heteroatoms. The van der Waals surface area contributed by atoms with Gasteiger partial charge in [0.15, 0.2) is 6.10 Å². The number of phosphoric acid groups is 1. The van der Waals surface area contributed by atoms with Crippen LogP contribution in [0.5, 0.6) is 0 Å². The third kappa shape index (κ3) is 18.2. The van der Waals surface area contributed by atoms with E-state index in [1.807, 2.05) is 6.92 Å². The minimum absolute atomic E-state index is 0.189. The molecule has 8 nitrogen and oxygen atoms in total. The lowest BCUT2D eigenvalue weighted by molar-refractivity contribution is -0.161. The van der Waals surface area contributed by atoms with E-state index in [4.69, 9.17) is 19.3 Å². The predicted octanol–water partition coefficient (Wildman–Crippen LogP) is 3.88. The Hall–Kier alpha value is -0.950. The molecule has 0 unspecified atom stereocenters. The van der Waals surface area contributed by atoms with Crippen LogP contribution in [0.15, 0.2) is 0 Å². The van der Waals surface area contributed by atoms with E-state index in [0.717, 1.165) is 25.7 Å². The molecule has 0 aromatic heterocycles. The molecule has 1 atom stereocenters. The number of esters is 2. The average Bonchev–Trinajstić information content (AvgIpc) is 2.60. The Kier molecular flexibility index (Phi) is 15.5. The van der Waals surface area contributed by atoms with Gasteiger partial charge in [0.25, 0.3) is 0 Å². The number of hydrogen-bond donors (Lipinski definition) is 2. The molecular formula is C18H35O8P. The lowest BCUT2D eigenvalue weighted by Crippen LogP contribution is -2.29. The quantitative estimate of drug-likeness (QED) is 0.211. The summed E-state index contributed by atoms with van der Waals surface area (Å²) in [6, 6.07) is 0. The first-order valence-corrected chi connectivity index (χ1v) is 11.4. The molecule has 0 amide bonds. The number of carbonyl (C=O) groups excluding carboxylic acids is 2. The fourth-order valence-electron chi connectivity index (χ4n) is 2.35. The highest BCUT2D eigenvalue weighted by Crippen LogP contribution is 2.35. The fraction of sp³-hybridized carbons (Fsp3) is 0.889. The smallest absolute Gasteiger partial charge is 0.462 e. The molecule has 0 aliphatic rings. The van der Waals surface area contributed by atoms with Gasteiger partial charge in [0.05, 0.1) is 6.61 Å². The van der Waals surface area contributed by atoms with Crippen molar-refractivity contribution in [3.05, 3.63) is 0 Å². The van der Waals surface area contributed by atoms with E-state index in [1.165, 1.54) is 25.7 Å². The summed E-state index contributed by atoms with van der Waals surface area (Å²) >= 11 is 0. The van der Waals surface area contributed by atoms with Gasteiger partial charge in [-0.05, 0) is 12.8 Å². The van der Waals surface area contributed by atoms with Crippen LogP contribution < -0.4 is 0 Å². The van der Waals surface area contributed by atoms with E-state index in [-0.39, 0.29) is 19.4 Å². The first-order chi connectivity index (χ1) is 12.8. The van der Waals surface area contributed by atoms with Crippen molar-refractivity contribution >= 4 is 19.8 Å². The van der Waals surface area contributed by atoms with Gasteiger partial charge in [-0.25, -0.2) is 4.57 Å². The van der Waals surface area contributed by atoms with Crippen LogP contribution >= 0.6 is 7.82 Å². The van der Waals surface area contributed by atoms with Crippen LogP contribution in [-0.2, 0) is 28.2 Å². The van der Waals surface area contributed by atoms with Crippen LogP contribution in [0.25, 0.3) is 0 Å². The van der Waals surface area contributed by atoms with Crippen molar-refractivity contribution in [2.45, 2.75) is 90.6 Å². The molecule has 0 rings (SSSR count). The SMILES string of the molecule is CCCCCCCCCC(=O)OC[C@H](COP(=O)(O)O)OC(=O)CCCC. The zero-order valence-corrected chi connectivity index (χ0v) is 17.5. The van der Waals surface area contributed by atoms with E-state index in [2.05, 4.69) is 11.4 Å². The first-order valence-electron chi connectivity index (χ1n) is 9.83. The molecule has 2 N–H and O–H groups in total. The normalized spacial score (nSPS) is 12.6. The molecule has 160 valence electrons. The summed E-state index contributed by atoms with van der Waals surface area (Å²) in [5, 5.41) is 0. The summed E-state index contributed by atoms with van der Waals surface area (Å²) in [5.74, 6) is -0.936. The molecule has 0 fully saturated rings. The van der Waals surface area contributed by atoms with Crippen LogP contribution in [-0.4, -0.2) is 41.0 Å². The van der Waals surface area contributed by atoms with Gasteiger partial charge in [0, 0.05) is 12.8 Å². The van der Waals surface area contributed by atoms with Crippen LogP contribution in [0, 0.1) is 0 Å². The van der Waals surface area contributed by atoms with Crippen LogP contribution in [0.3, 0.4) is 0 Å². The van der Waals surface area contributed by atoms with E-state index in [0.29, 0.717) is 6.42 Å². The summed E-state index contributed by atoms with van der Waals surface area (Å²) in [5.41, 5.74) is 0. The van der Waals surface area contributed by atoms with Crippen molar-refractivity contribution in [3.63, 3.8) is 0 Å². The highest BCUT2D eigenvalue weighted by Gasteiger charge is 2.22. The van der Waals surface area contributed by atoms with Gasteiger partial charge in [-0.3, -0.25) is 14.1 Å². The van der Waals surface area contributed by atoms with Crippen molar-refractivity contribution in [2.24, 2.45) is 0 Å². The molecule has 0 aromatic carbocycles. The van der Waals surface area contributed by atoms with E-state index in [9.17, 15) is 14.2 Å². The molecule has 0 bridgehead atoms. The lowest BCUT2D eigenvalue weighted by atomic mass is 10.1. The standard InChI is InChI=1S/C18H35O8P/c1-3-5-7-8-9-10-11-13-17(19)24-14-16(15-25-27(21,22)23)26-18(20)12-6-4-2/h16H,3-15H2,1-2H3,(H2,21,22,23)/t16-/m1/s1. The second kappa shape index (κ2) is 16.0. The van der Waals surface area contributed by atoms with Gasteiger partial charge in [-0.1, -0.05) is 58.8 Å². The Morgan fingerprint density at radius 2 is 1.37 bits per heavy atom. The van der Waals surface area contributed by atoms with Crippen molar-refractivity contribution in [3.8, 4) is 0 Å². The van der Waals surface area contributed by atoms with Crippen molar-refractivity contribution in [2.75, 3.05) is 13.2 Å². The summed E-state index contributed by atoms with van der Waals surface area (Å²) in [6.07, 6.45) is 8.44. The number of carbonyl (C=O) groups is 2. The van der Waals surface area contributed by atoms with Crippen molar-refractivity contribution in [1.82, 2.24) is 0 Å². The van der Waals surface area contributed by atoms with Gasteiger partial charge >= 0.3 is 19.8 Å². The lowest BCUT2D eigenvalue weighted by Gasteiger charge is -2.18. The maximum Gasteiger partial charge on any atom is 0.469 e. The summed E-state index contributed by atoms with van der Waals surface area (Å²) in [7, 11) is -4.70. The molecule has 0 radical (unpaired) electrons. The number of ether oxygens (including phenoxy) is 2. The van der Waals surface area contributed by atoms with E-state index in [1.54, 1.807) is 0 Å². The van der Waals surface area contributed by atoms with Gasteiger partial charge in [-0.15, -0.1) is 0 Å². The second-order valence-corrected chi connectivity index (χ2v) is 7.80. The molecule has 0 aromatic rings. The van der Waals surface area contributed by atoms with Crippen LogP contribution in [0.2, 0.25) is 0 Å². The Balaban J connectivity index is 4.14. The largest absolute Gasteiger partial charge is 0.469 e. The number of phosphoric ester groups is 1. The van der Waals surface area contributed by atoms with Gasteiger partial charge in [-0.2, -0.15) is 0 Å². The number of rotatable bonds is 17. The molecule has 0 heterocycles. The Labute approximate surface area is 162 Å². The van der Waals surface area contributed by atoms with Crippen molar-refractivity contribution in [1.29, 1.82) is 0 Å². The predicted molar refractivity (Wildman–Crippen MR) is 101 cm³/mol. The van der Waals surface area contributed by atoms with Crippen LogP contribution in [0.4, 0.5) is 0 Å². The Morgan fingerprint density at radius 3 is 1.96 bits per heavy atom. The molecular weight excluding hydrogens is 375 g/mol. The zero-order valence-electron chi connectivity index (χ0n) is 16.6. The minimum Gasteiger partial charge on any atom is -0.462 e. The molecule has 0 aliphatic carbocycles. The summed E-state index contributed by atoms with van der Waals surface area (Å²) in [6.45, 7) is 3.27. The molecule has 0 saturated carbocycles. The summed E-state index contributed by atoms with van der Waals surface area (Å²) in [4.78, 5) is 41.0. The maximum absolute atomic E-state index is 11.8. The highest BCUT2D eigenvalue weighted by atomic mass is 31.2. The molecule has 0 saturated heterocycles. The third-order valence-electron chi connectivity index (χ3n) is 3.88. The van der Waals surface area contributed by atoms with Gasteiger partial charge in [0.2, 0.25) is 0 Å². The van der Waals surface area contributed by atoms with E-state index >= 15 is 0 Å². The van der Waals surface area contributed by atoms with Gasteiger partial charge in [0.1, 0.15) is 6.61 Å². The third-order valence-corrected chi connectivity index (χ3v) is 4.36. The maximum atomic E-state index is 11.8. The molecule has 0 aliphatic heterocycles. The Bertz CT molecular complexity index is 449. The topological polar surface area (TPSA) is 119 Å². The average molecular weight is 410 g/mol. The van der Waals surface area contributed by atoms with Crippen LogP contribution in [0.1, 0.15) is 84.5 Å². The number of unbranched alkanes of at least 4 members (excludes halogenated alkanes) is 7. The fourth-order valence-corrected chi connectivity index (χ4v) is 2.71. The molecule has 27 heavy (non-hydrogen) atoms. The monoisotopic (exact) mass is 410 g/mol. The second-order valence-electron chi connectivity index (χ2n) is 6.56. The first kappa shape index (κ1) is 26.1. The Morgan fingerprint density at radius 1 is 0.815 bits per heavy atom. The van der Waals surface area contributed by atoms with Gasteiger partial charge < -0.3 is 19.3 Å². The van der Waals surface area contributed by atoms with Crippen molar-refractivity contribution < 1.29 is 37.9 Å². The van der Waals surface area contributed by atoms with E-state index < -0.39 is 32.5 Å². The molecule has 0 spiro atoms. The zero-order chi connectivity index (χ0) is 20.5. The highest BCUT2D eigenvalue weighted by molar-refractivity contribution is 7.46. The summed E-state index contributed by atoms with van der Waals surface area (Å²) < 4.78 is 25.4.